The molecule has 0 bridgehead atoms. The van der Waals surface area contributed by atoms with E-state index in [1.807, 2.05) is 0 Å². The highest BCUT2D eigenvalue weighted by Crippen LogP contribution is 2.24. The largest absolute Gasteiger partial charge is 0.386 e. The molecule has 0 saturated heterocycles. The van der Waals surface area contributed by atoms with Gasteiger partial charge in [-0.1, -0.05) is 24.3 Å². The number of hydrogen-bond acceptors (Lipinski definition) is 6. The van der Waals surface area contributed by atoms with E-state index in [1.54, 1.807) is 36.4 Å². The van der Waals surface area contributed by atoms with E-state index in [4.69, 9.17) is 0 Å². The first kappa shape index (κ1) is 14.1. The number of fused-ring (bicyclic) bond motifs is 2. The van der Waals surface area contributed by atoms with Crippen LogP contribution >= 0.6 is 0 Å². The van der Waals surface area contributed by atoms with E-state index in [9.17, 15) is 19.2 Å². The number of rotatable bonds is 2. The number of ether oxygens (including phenoxy) is 2. The van der Waals surface area contributed by atoms with E-state index in [0.717, 1.165) is 0 Å². The van der Waals surface area contributed by atoms with Crippen LogP contribution in [0.2, 0.25) is 0 Å². The lowest BCUT2D eigenvalue weighted by molar-refractivity contribution is 0.0425. The normalized spacial score (nSPS) is 15.5. The third kappa shape index (κ3) is 2.13. The lowest BCUT2D eigenvalue weighted by Gasteiger charge is -1.98. The van der Waals surface area contributed by atoms with Gasteiger partial charge in [0.2, 0.25) is 0 Å². The standard InChI is InChI=1S/C18H8O6/c19-15-11-5-3-9(7-13(11)17(21)23-15)1-2-10-4-6-12-14(8-10)18(22)24-16(12)20/h1-8H/b2-1-. The number of esters is 4. The minimum atomic E-state index is -0.663. The molecule has 2 aromatic rings. The summed E-state index contributed by atoms with van der Waals surface area (Å²) in [6.07, 6.45) is 3.44. The van der Waals surface area contributed by atoms with Gasteiger partial charge in [-0.05, 0) is 35.4 Å². The molecule has 0 aromatic heterocycles. The summed E-state index contributed by atoms with van der Waals surface area (Å²) < 4.78 is 9.07. The third-order valence-electron chi connectivity index (χ3n) is 3.81. The van der Waals surface area contributed by atoms with Crippen molar-refractivity contribution in [1.29, 1.82) is 0 Å². The second-order valence-electron chi connectivity index (χ2n) is 5.30. The summed E-state index contributed by atoms with van der Waals surface area (Å²) >= 11 is 0. The Morgan fingerprint density at radius 3 is 1.33 bits per heavy atom. The summed E-state index contributed by atoms with van der Waals surface area (Å²) in [5, 5.41) is 0. The fourth-order valence-corrected chi connectivity index (χ4v) is 2.61. The number of cyclic esters (lactones) is 4. The zero-order valence-electron chi connectivity index (χ0n) is 12.1. The molecule has 0 radical (unpaired) electrons. The van der Waals surface area contributed by atoms with Crippen LogP contribution in [0.25, 0.3) is 12.2 Å². The lowest BCUT2D eigenvalue weighted by Crippen LogP contribution is -1.96. The number of carbonyl (C=O) groups is 4. The second-order valence-corrected chi connectivity index (χ2v) is 5.30. The smallest absolute Gasteiger partial charge is 0.346 e. The van der Waals surface area contributed by atoms with Crippen LogP contribution in [0, 0.1) is 0 Å². The number of carbonyl (C=O) groups excluding carboxylic acids is 4. The SMILES string of the molecule is O=C1OC(=O)c2cc(/C=C\c3ccc4c(c3)C(=O)OC4=O)ccc21. The molecule has 6 nitrogen and oxygen atoms in total. The Hall–Kier alpha value is -3.54. The molecule has 2 aliphatic rings. The number of hydrogen-bond donors (Lipinski definition) is 0. The molecule has 0 saturated carbocycles. The van der Waals surface area contributed by atoms with Crippen molar-refractivity contribution in [3.63, 3.8) is 0 Å². The van der Waals surface area contributed by atoms with Gasteiger partial charge in [0.25, 0.3) is 0 Å². The summed E-state index contributed by atoms with van der Waals surface area (Å²) in [5.74, 6) is -2.62. The van der Waals surface area contributed by atoms with Crippen molar-refractivity contribution in [2.24, 2.45) is 0 Å². The van der Waals surface area contributed by atoms with Crippen LogP contribution in [0.15, 0.2) is 36.4 Å². The molecule has 116 valence electrons. The summed E-state index contributed by atoms with van der Waals surface area (Å²) in [5.41, 5.74) is 2.33. The lowest BCUT2D eigenvalue weighted by atomic mass is 10.0. The fourth-order valence-electron chi connectivity index (χ4n) is 2.61. The summed E-state index contributed by atoms with van der Waals surface area (Å²) in [4.78, 5) is 45.9. The molecule has 0 aliphatic carbocycles. The van der Waals surface area contributed by atoms with Gasteiger partial charge < -0.3 is 9.47 Å². The summed E-state index contributed by atoms with van der Waals surface area (Å²) in [6.45, 7) is 0. The maximum Gasteiger partial charge on any atom is 0.346 e. The van der Waals surface area contributed by atoms with Crippen molar-refractivity contribution in [3.05, 3.63) is 69.8 Å². The molecule has 2 heterocycles. The molecule has 0 atom stereocenters. The predicted octanol–water partition coefficient (Wildman–Crippen LogP) is 2.48. The Morgan fingerprint density at radius 1 is 0.542 bits per heavy atom. The average molecular weight is 320 g/mol. The molecule has 0 unspecified atom stereocenters. The van der Waals surface area contributed by atoms with Crippen molar-refractivity contribution in [2.45, 2.75) is 0 Å². The summed E-state index contributed by atoms with van der Waals surface area (Å²) in [6, 6.07) is 9.54. The van der Waals surface area contributed by atoms with E-state index in [1.165, 1.54) is 12.1 Å². The van der Waals surface area contributed by atoms with Gasteiger partial charge >= 0.3 is 23.9 Å². The van der Waals surface area contributed by atoms with E-state index < -0.39 is 23.9 Å². The van der Waals surface area contributed by atoms with Crippen molar-refractivity contribution in [2.75, 3.05) is 0 Å². The fraction of sp³-hybridized carbons (Fsp3) is 0. The van der Waals surface area contributed by atoms with Crippen LogP contribution < -0.4 is 0 Å². The van der Waals surface area contributed by atoms with Crippen LogP contribution in [-0.4, -0.2) is 23.9 Å². The highest BCUT2D eigenvalue weighted by atomic mass is 16.6. The van der Waals surface area contributed by atoms with Gasteiger partial charge in [0.15, 0.2) is 0 Å². The van der Waals surface area contributed by atoms with Gasteiger partial charge in [-0.15, -0.1) is 0 Å². The van der Waals surface area contributed by atoms with Crippen molar-refractivity contribution >= 4 is 36.0 Å². The molecule has 2 aromatic carbocycles. The topological polar surface area (TPSA) is 86.7 Å². The first-order valence-electron chi connectivity index (χ1n) is 7.02. The zero-order chi connectivity index (χ0) is 16.8. The molecule has 0 N–H and O–H groups in total. The van der Waals surface area contributed by atoms with Crippen molar-refractivity contribution < 1.29 is 28.7 Å². The van der Waals surface area contributed by atoms with Crippen molar-refractivity contribution in [1.82, 2.24) is 0 Å². The maximum absolute atomic E-state index is 11.5. The molecular weight excluding hydrogens is 312 g/mol. The Bertz CT molecular complexity index is 903. The van der Waals surface area contributed by atoms with Crippen LogP contribution in [0.1, 0.15) is 52.6 Å². The molecule has 0 spiro atoms. The Labute approximate surface area is 135 Å². The summed E-state index contributed by atoms with van der Waals surface area (Å²) in [7, 11) is 0. The molecule has 4 rings (SSSR count). The second kappa shape index (κ2) is 4.99. The Balaban J connectivity index is 1.65. The van der Waals surface area contributed by atoms with Gasteiger partial charge in [-0.25, -0.2) is 19.2 Å². The molecule has 0 amide bonds. The molecular formula is C18H8O6. The van der Waals surface area contributed by atoms with Gasteiger partial charge in [0, 0.05) is 0 Å². The van der Waals surface area contributed by atoms with Crippen LogP contribution in [-0.2, 0) is 9.47 Å². The quantitative estimate of drug-likeness (QED) is 0.480. The first-order valence-corrected chi connectivity index (χ1v) is 7.02. The van der Waals surface area contributed by atoms with E-state index in [-0.39, 0.29) is 22.3 Å². The van der Waals surface area contributed by atoms with Crippen molar-refractivity contribution in [3.8, 4) is 0 Å². The van der Waals surface area contributed by atoms with Crippen LogP contribution in [0.3, 0.4) is 0 Å². The maximum atomic E-state index is 11.5. The van der Waals surface area contributed by atoms with Crippen LogP contribution in [0.5, 0.6) is 0 Å². The number of benzene rings is 2. The Morgan fingerprint density at radius 2 is 0.917 bits per heavy atom. The van der Waals surface area contributed by atoms with Gasteiger partial charge in [0.05, 0.1) is 22.3 Å². The highest BCUT2D eigenvalue weighted by molar-refractivity contribution is 6.15. The monoisotopic (exact) mass is 320 g/mol. The van der Waals surface area contributed by atoms with Gasteiger partial charge in [-0.3, -0.25) is 0 Å². The Kier molecular flexibility index (Phi) is 2.93. The molecule has 24 heavy (non-hydrogen) atoms. The van der Waals surface area contributed by atoms with E-state index in [2.05, 4.69) is 9.47 Å². The molecule has 2 aliphatic heterocycles. The van der Waals surface area contributed by atoms with Crippen LogP contribution in [0.4, 0.5) is 0 Å². The van der Waals surface area contributed by atoms with Gasteiger partial charge in [0.1, 0.15) is 0 Å². The molecule has 0 fully saturated rings. The zero-order valence-corrected chi connectivity index (χ0v) is 12.1. The minimum absolute atomic E-state index is 0.227. The van der Waals surface area contributed by atoms with E-state index in [0.29, 0.717) is 11.1 Å². The minimum Gasteiger partial charge on any atom is -0.386 e. The average Bonchev–Trinajstić information content (AvgIpc) is 3.02. The predicted molar refractivity (Wildman–Crippen MR) is 81.3 cm³/mol. The van der Waals surface area contributed by atoms with E-state index >= 15 is 0 Å². The van der Waals surface area contributed by atoms with Gasteiger partial charge in [-0.2, -0.15) is 0 Å². The molecule has 6 heteroatoms. The first-order chi connectivity index (χ1) is 11.5. The highest BCUT2D eigenvalue weighted by Gasteiger charge is 2.30. The third-order valence-corrected chi connectivity index (χ3v) is 3.81.